The van der Waals surface area contributed by atoms with Crippen LogP contribution in [0.4, 0.5) is 20.2 Å². The van der Waals surface area contributed by atoms with Gasteiger partial charge in [0.2, 0.25) is 0 Å². The van der Waals surface area contributed by atoms with Gasteiger partial charge in [-0.2, -0.15) is 0 Å². The van der Waals surface area contributed by atoms with Crippen LogP contribution in [-0.2, 0) is 6.42 Å². The van der Waals surface area contributed by atoms with Gasteiger partial charge in [0.1, 0.15) is 17.3 Å². The van der Waals surface area contributed by atoms with Gasteiger partial charge in [-0.3, -0.25) is 9.78 Å². The van der Waals surface area contributed by atoms with Crippen LogP contribution in [0.5, 0.6) is 0 Å². The quantitative estimate of drug-likeness (QED) is 0.633. The Morgan fingerprint density at radius 3 is 2.50 bits per heavy atom. The standard InChI is InChI=1S/C23H22F2N4O/c24-16-5-4-6-17(25)22(16)19-8-7-18(26)23(28-19)21(30)13-15-14-27-10-9-20(15)29-11-2-1-3-12-29/h4-10,14H,1-3,11-13,26H2. The minimum Gasteiger partial charge on any atom is -0.397 e. The molecule has 0 amide bonds. The molecule has 0 saturated carbocycles. The highest BCUT2D eigenvalue weighted by atomic mass is 19.1. The average Bonchev–Trinajstić information content (AvgIpc) is 2.75. The van der Waals surface area contributed by atoms with Crippen molar-refractivity contribution in [3.8, 4) is 11.3 Å². The molecule has 3 aromatic rings. The van der Waals surface area contributed by atoms with Crippen molar-refractivity contribution in [2.24, 2.45) is 0 Å². The van der Waals surface area contributed by atoms with E-state index in [1.807, 2.05) is 6.07 Å². The predicted molar refractivity (Wildman–Crippen MR) is 112 cm³/mol. The average molecular weight is 408 g/mol. The number of carbonyl (C=O) groups excluding carboxylic acids is 1. The summed E-state index contributed by atoms with van der Waals surface area (Å²) in [6.45, 7) is 1.88. The number of hydrogen-bond donors (Lipinski definition) is 1. The van der Waals surface area contributed by atoms with Crippen molar-refractivity contribution in [1.29, 1.82) is 0 Å². The summed E-state index contributed by atoms with van der Waals surface area (Å²) in [5.41, 5.74) is 7.68. The van der Waals surface area contributed by atoms with Crippen molar-refractivity contribution in [3.63, 3.8) is 0 Å². The Hall–Kier alpha value is -3.35. The molecule has 4 rings (SSSR count). The van der Waals surface area contributed by atoms with Crippen LogP contribution in [0.15, 0.2) is 48.8 Å². The number of nitrogen functional groups attached to an aromatic ring is 1. The van der Waals surface area contributed by atoms with Gasteiger partial charge in [-0.1, -0.05) is 6.07 Å². The van der Waals surface area contributed by atoms with Crippen molar-refractivity contribution in [2.45, 2.75) is 25.7 Å². The number of aromatic nitrogens is 2. The second kappa shape index (κ2) is 8.57. The molecule has 0 spiro atoms. The third-order valence-corrected chi connectivity index (χ3v) is 5.34. The maximum Gasteiger partial charge on any atom is 0.187 e. The molecule has 7 heteroatoms. The number of ketones is 1. The summed E-state index contributed by atoms with van der Waals surface area (Å²) in [5.74, 6) is -1.81. The number of hydrogen-bond acceptors (Lipinski definition) is 5. The van der Waals surface area contributed by atoms with Gasteiger partial charge in [0, 0.05) is 43.2 Å². The second-order valence-corrected chi connectivity index (χ2v) is 7.38. The molecule has 0 bridgehead atoms. The number of Topliss-reactive ketones (excluding diaryl/α,β-unsaturated/α-hetero) is 1. The zero-order valence-corrected chi connectivity index (χ0v) is 16.4. The Bertz CT molecular complexity index is 1060. The summed E-state index contributed by atoms with van der Waals surface area (Å²) < 4.78 is 28.3. The lowest BCUT2D eigenvalue weighted by molar-refractivity contribution is 0.0989. The molecular weight excluding hydrogens is 386 g/mol. The number of pyridine rings is 2. The Kier molecular flexibility index (Phi) is 5.70. The molecule has 0 aliphatic carbocycles. The molecule has 0 radical (unpaired) electrons. The molecule has 0 atom stereocenters. The van der Waals surface area contributed by atoms with Crippen LogP contribution in [0.25, 0.3) is 11.3 Å². The minimum atomic E-state index is -0.745. The molecule has 3 heterocycles. The molecular formula is C23H22F2N4O. The fraction of sp³-hybridized carbons (Fsp3) is 0.261. The highest BCUT2D eigenvalue weighted by molar-refractivity contribution is 6.01. The smallest absolute Gasteiger partial charge is 0.187 e. The monoisotopic (exact) mass is 408 g/mol. The lowest BCUT2D eigenvalue weighted by atomic mass is 10.0. The molecule has 2 N–H and O–H groups in total. The highest BCUT2D eigenvalue weighted by Crippen LogP contribution is 2.28. The van der Waals surface area contributed by atoms with Crippen molar-refractivity contribution in [1.82, 2.24) is 9.97 Å². The van der Waals surface area contributed by atoms with Gasteiger partial charge in [0.25, 0.3) is 0 Å². The van der Waals surface area contributed by atoms with Gasteiger partial charge >= 0.3 is 0 Å². The first kappa shape index (κ1) is 19.9. The van der Waals surface area contributed by atoms with Crippen LogP contribution in [0.3, 0.4) is 0 Å². The number of rotatable bonds is 5. The van der Waals surface area contributed by atoms with Crippen LogP contribution in [0, 0.1) is 11.6 Å². The van der Waals surface area contributed by atoms with Crippen LogP contribution >= 0.6 is 0 Å². The van der Waals surface area contributed by atoms with Gasteiger partial charge in [-0.25, -0.2) is 13.8 Å². The first-order valence-electron chi connectivity index (χ1n) is 9.96. The van der Waals surface area contributed by atoms with Gasteiger partial charge in [-0.05, 0) is 49.6 Å². The van der Waals surface area contributed by atoms with E-state index in [9.17, 15) is 13.6 Å². The minimum absolute atomic E-state index is 0.00333. The summed E-state index contributed by atoms with van der Waals surface area (Å²) in [7, 11) is 0. The Morgan fingerprint density at radius 2 is 1.77 bits per heavy atom. The lowest BCUT2D eigenvalue weighted by Crippen LogP contribution is -2.30. The van der Waals surface area contributed by atoms with Crippen molar-refractivity contribution in [3.05, 3.63) is 71.7 Å². The zero-order chi connectivity index (χ0) is 21.1. The Labute approximate surface area is 173 Å². The van der Waals surface area contributed by atoms with E-state index in [4.69, 9.17) is 5.73 Å². The van der Waals surface area contributed by atoms with Gasteiger partial charge < -0.3 is 10.6 Å². The first-order valence-corrected chi connectivity index (χ1v) is 9.96. The van der Waals surface area contributed by atoms with E-state index in [2.05, 4.69) is 14.9 Å². The summed E-state index contributed by atoms with van der Waals surface area (Å²) in [6.07, 6.45) is 6.88. The van der Waals surface area contributed by atoms with Crippen molar-refractivity contribution in [2.75, 3.05) is 23.7 Å². The number of carbonyl (C=O) groups is 1. The van der Waals surface area contributed by atoms with Crippen molar-refractivity contribution < 1.29 is 13.6 Å². The molecule has 5 nitrogen and oxygen atoms in total. The molecule has 1 aliphatic heterocycles. The van der Waals surface area contributed by atoms with Crippen molar-refractivity contribution >= 4 is 17.2 Å². The highest BCUT2D eigenvalue weighted by Gasteiger charge is 2.21. The summed E-state index contributed by atoms with van der Waals surface area (Å²) in [6, 6.07) is 8.36. The van der Waals surface area contributed by atoms with E-state index >= 15 is 0 Å². The molecule has 1 fully saturated rings. The van der Waals surface area contributed by atoms with Crippen LogP contribution in [0.2, 0.25) is 0 Å². The Balaban J connectivity index is 1.65. The maximum atomic E-state index is 14.2. The SMILES string of the molecule is Nc1ccc(-c2c(F)cccc2F)nc1C(=O)Cc1cnccc1N1CCCCC1. The predicted octanol–water partition coefficient (Wildman–Crippen LogP) is 4.42. The van der Waals surface area contributed by atoms with Crippen LogP contribution < -0.4 is 10.6 Å². The number of benzene rings is 1. The second-order valence-electron chi connectivity index (χ2n) is 7.38. The maximum absolute atomic E-state index is 14.2. The molecule has 1 aromatic carbocycles. The largest absolute Gasteiger partial charge is 0.397 e. The summed E-state index contributed by atoms with van der Waals surface area (Å²) in [4.78, 5) is 23.7. The topological polar surface area (TPSA) is 72.1 Å². The lowest BCUT2D eigenvalue weighted by Gasteiger charge is -2.30. The van der Waals surface area contributed by atoms with E-state index < -0.39 is 11.6 Å². The third kappa shape index (κ3) is 4.01. The van der Waals surface area contributed by atoms with Gasteiger partial charge in [-0.15, -0.1) is 0 Å². The fourth-order valence-corrected chi connectivity index (χ4v) is 3.83. The van der Waals surface area contributed by atoms with E-state index in [1.54, 1.807) is 12.4 Å². The molecule has 0 unspecified atom stereocenters. The molecule has 154 valence electrons. The molecule has 1 aliphatic rings. The molecule has 30 heavy (non-hydrogen) atoms. The number of piperidine rings is 1. The van der Waals surface area contributed by atoms with Crippen LogP contribution in [-0.4, -0.2) is 28.8 Å². The zero-order valence-electron chi connectivity index (χ0n) is 16.4. The fourth-order valence-electron chi connectivity index (χ4n) is 3.83. The van der Waals surface area contributed by atoms with E-state index in [1.165, 1.54) is 24.6 Å². The normalized spacial score (nSPS) is 14.0. The molecule has 2 aromatic heterocycles. The third-order valence-electron chi connectivity index (χ3n) is 5.34. The van der Waals surface area contributed by atoms with Gasteiger partial charge in [0.05, 0.1) is 16.9 Å². The number of nitrogens with two attached hydrogens (primary N) is 1. The van der Waals surface area contributed by atoms with Crippen LogP contribution in [0.1, 0.15) is 35.3 Å². The number of halogens is 2. The number of nitrogens with zero attached hydrogens (tertiary/aromatic N) is 3. The Morgan fingerprint density at radius 1 is 1.03 bits per heavy atom. The number of anilines is 2. The summed E-state index contributed by atoms with van der Waals surface area (Å²) in [5, 5.41) is 0. The first-order chi connectivity index (χ1) is 14.5. The van der Waals surface area contributed by atoms with E-state index in [-0.39, 0.29) is 34.8 Å². The van der Waals surface area contributed by atoms with E-state index in [0.717, 1.165) is 49.3 Å². The van der Waals surface area contributed by atoms with E-state index in [0.29, 0.717) is 0 Å². The molecule has 1 saturated heterocycles. The summed E-state index contributed by atoms with van der Waals surface area (Å²) >= 11 is 0. The van der Waals surface area contributed by atoms with Gasteiger partial charge in [0.15, 0.2) is 5.78 Å².